The van der Waals surface area contributed by atoms with Crippen LogP contribution in [0.5, 0.6) is 11.5 Å². The fourth-order valence-corrected chi connectivity index (χ4v) is 2.64. The number of benzene rings is 1. The number of methoxy groups -OCH3 is 1. The first-order chi connectivity index (χ1) is 13.0. The maximum Gasteiger partial charge on any atom is 0.191 e. The Morgan fingerprint density at radius 3 is 2.64 bits per heavy atom. The summed E-state index contributed by atoms with van der Waals surface area (Å²) >= 11 is 0. The summed E-state index contributed by atoms with van der Waals surface area (Å²) in [5, 5.41) is 6.59. The number of aliphatic imine (C=N–C) groups is 1. The summed E-state index contributed by atoms with van der Waals surface area (Å²) in [5.41, 5.74) is 0. The summed E-state index contributed by atoms with van der Waals surface area (Å²) in [6.07, 6.45) is 3.82. The fraction of sp³-hybridized carbons (Fsp3) is 0.500. The molecule has 1 atom stereocenters. The lowest BCUT2D eigenvalue weighted by Gasteiger charge is -2.18. The monoisotopic (exact) mass is 501 g/mol. The zero-order valence-electron chi connectivity index (χ0n) is 17.3. The number of guanidine groups is 1. The Kier molecular flexibility index (Phi) is 10.7. The predicted molar refractivity (Wildman–Crippen MR) is 124 cm³/mol. The molecule has 0 aliphatic heterocycles. The van der Waals surface area contributed by atoms with E-state index in [1.54, 1.807) is 14.2 Å². The maximum absolute atomic E-state index is 5.92. The van der Waals surface area contributed by atoms with Crippen LogP contribution < -0.4 is 20.1 Å². The molecular weight excluding hydrogens is 469 g/mol. The van der Waals surface area contributed by atoms with Gasteiger partial charge in [-0.25, -0.2) is 4.98 Å². The van der Waals surface area contributed by atoms with Gasteiger partial charge in [0.25, 0.3) is 0 Å². The Morgan fingerprint density at radius 1 is 1.21 bits per heavy atom. The normalized spacial score (nSPS) is 12.3. The molecule has 0 bridgehead atoms. The molecule has 1 unspecified atom stereocenters. The van der Waals surface area contributed by atoms with E-state index in [2.05, 4.69) is 39.0 Å². The highest BCUT2D eigenvalue weighted by molar-refractivity contribution is 14.0. The molecule has 156 valence electrons. The van der Waals surface area contributed by atoms with Crippen molar-refractivity contribution in [2.75, 3.05) is 20.7 Å². The molecule has 0 saturated carbocycles. The average molecular weight is 501 g/mol. The number of nitrogens with one attached hydrogen (secondary N) is 2. The van der Waals surface area contributed by atoms with Gasteiger partial charge in [-0.15, -0.1) is 24.0 Å². The van der Waals surface area contributed by atoms with Gasteiger partial charge in [-0.1, -0.05) is 19.9 Å². The van der Waals surface area contributed by atoms with E-state index in [-0.39, 0.29) is 30.1 Å². The van der Waals surface area contributed by atoms with Crippen LogP contribution >= 0.6 is 24.0 Å². The number of hydrogen-bond donors (Lipinski definition) is 2. The Hall–Kier alpha value is -1.97. The topological polar surface area (TPSA) is 72.7 Å². The molecule has 28 heavy (non-hydrogen) atoms. The Labute approximate surface area is 185 Å². The molecule has 8 heteroatoms. The van der Waals surface area contributed by atoms with E-state index in [0.717, 1.165) is 29.8 Å². The number of nitrogens with zero attached hydrogens (tertiary/aromatic N) is 3. The molecule has 0 radical (unpaired) electrons. The highest BCUT2D eigenvalue weighted by Gasteiger charge is 2.08. The van der Waals surface area contributed by atoms with Gasteiger partial charge in [-0.05, 0) is 25.0 Å². The molecule has 0 spiro atoms. The first-order valence-corrected chi connectivity index (χ1v) is 9.27. The third-order valence-corrected chi connectivity index (χ3v) is 3.94. The van der Waals surface area contributed by atoms with Crippen LogP contribution in [0.15, 0.2) is 41.7 Å². The summed E-state index contributed by atoms with van der Waals surface area (Å²) in [5.74, 6) is 3.84. The summed E-state index contributed by atoms with van der Waals surface area (Å²) in [6, 6.07) is 7.59. The number of aromatic nitrogens is 2. The molecule has 7 nitrogen and oxygen atoms in total. The highest BCUT2D eigenvalue weighted by Crippen LogP contribution is 2.19. The summed E-state index contributed by atoms with van der Waals surface area (Å²) in [4.78, 5) is 8.69. The second-order valence-corrected chi connectivity index (χ2v) is 6.80. The van der Waals surface area contributed by atoms with Gasteiger partial charge in [0.15, 0.2) is 5.96 Å². The van der Waals surface area contributed by atoms with E-state index < -0.39 is 0 Å². The molecule has 0 aliphatic carbocycles. The Balaban J connectivity index is 0.00000392. The molecule has 0 saturated heterocycles. The minimum atomic E-state index is -0.0291. The van der Waals surface area contributed by atoms with Gasteiger partial charge >= 0.3 is 0 Å². The minimum Gasteiger partial charge on any atom is -0.497 e. The zero-order valence-corrected chi connectivity index (χ0v) is 19.6. The molecule has 2 rings (SSSR count). The Bertz CT molecular complexity index is 733. The van der Waals surface area contributed by atoms with Gasteiger partial charge in [0.2, 0.25) is 0 Å². The number of hydrogen-bond acceptors (Lipinski definition) is 4. The van der Waals surface area contributed by atoms with Crippen molar-refractivity contribution < 1.29 is 9.47 Å². The van der Waals surface area contributed by atoms with Crippen molar-refractivity contribution in [3.8, 4) is 11.5 Å². The molecule has 0 amide bonds. The van der Waals surface area contributed by atoms with Gasteiger partial charge in [0, 0.05) is 32.1 Å². The third-order valence-electron chi connectivity index (χ3n) is 3.94. The molecule has 1 aromatic heterocycles. The quantitative estimate of drug-likeness (QED) is 0.314. The first-order valence-electron chi connectivity index (χ1n) is 9.27. The van der Waals surface area contributed by atoms with E-state index in [0.29, 0.717) is 19.0 Å². The van der Waals surface area contributed by atoms with Crippen LogP contribution in [-0.4, -0.2) is 42.3 Å². The van der Waals surface area contributed by atoms with E-state index in [1.807, 2.05) is 43.6 Å². The second kappa shape index (κ2) is 12.5. The smallest absolute Gasteiger partial charge is 0.191 e. The van der Waals surface area contributed by atoms with E-state index >= 15 is 0 Å². The number of ether oxygens (including phenoxy) is 2. The van der Waals surface area contributed by atoms with Crippen LogP contribution in [0.4, 0.5) is 0 Å². The SMILES string of the molecule is CN=C(NCc1nccn1CC(C)C)NCC(C)Oc1cccc(OC)c1.I. The van der Waals surface area contributed by atoms with Crippen LogP contribution in [0.2, 0.25) is 0 Å². The molecular formula is C20H32IN5O2. The second-order valence-electron chi connectivity index (χ2n) is 6.80. The van der Waals surface area contributed by atoms with Crippen molar-refractivity contribution in [3.63, 3.8) is 0 Å². The van der Waals surface area contributed by atoms with Crippen molar-refractivity contribution in [3.05, 3.63) is 42.5 Å². The highest BCUT2D eigenvalue weighted by atomic mass is 127. The average Bonchev–Trinajstić information content (AvgIpc) is 3.08. The van der Waals surface area contributed by atoms with Gasteiger partial charge in [-0.3, -0.25) is 4.99 Å². The molecule has 1 heterocycles. The molecule has 1 aromatic carbocycles. The van der Waals surface area contributed by atoms with Crippen LogP contribution in [-0.2, 0) is 13.1 Å². The zero-order chi connectivity index (χ0) is 19.6. The van der Waals surface area contributed by atoms with Crippen molar-refractivity contribution in [2.45, 2.75) is 40.0 Å². The molecule has 0 fully saturated rings. The number of imidazole rings is 1. The summed E-state index contributed by atoms with van der Waals surface area (Å²) in [6.45, 7) is 8.59. The van der Waals surface area contributed by atoms with Crippen LogP contribution in [0.25, 0.3) is 0 Å². The number of rotatable bonds is 9. The van der Waals surface area contributed by atoms with E-state index in [9.17, 15) is 0 Å². The van der Waals surface area contributed by atoms with Crippen molar-refractivity contribution in [2.24, 2.45) is 10.9 Å². The largest absolute Gasteiger partial charge is 0.497 e. The van der Waals surface area contributed by atoms with Gasteiger partial charge < -0.3 is 24.7 Å². The standard InChI is InChI=1S/C20H31N5O2.HI/c1-15(2)14-25-10-9-22-19(25)13-24-20(21-4)23-12-16(3)27-18-8-6-7-17(11-18)26-5;/h6-11,15-16H,12-14H2,1-5H3,(H2,21,23,24);1H. The lowest BCUT2D eigenvalue weighted by atomic mass is 10.2. The lowest BCUT2D eigenvalue weighted by Crippen LogP contribution is -2.41. The summed E-state index contributed by atoms with van der Waals surface area (Å²) in [7, 11) is 3.40. The van der Waals surface area contributed by atoms with Crippen molar-refractivity contribution in [1.82, 2.24) is 20.2 Å². The summed E-state index contributed by atoms with van der Waals surface area (Å²) < 4.78 is 13.3. The van der Waals surface area contributed by atoms with Crippen molar-refractivity contribution >= 4 is 29.9 Å². The van der Waals surface area contributed by atoms with Gasteiger partial charge in [0.05, 0.1) is 20.2 Å². The fourth-order valence-electron chi connectivity index (χ4n) is 2.64. The van der Waals surface area contributed by atoms with Crippen LogP contribution in [0.1, 0.15) is 26.6 Å². The van der Waals surface area contributed by atoms with Crippen LogP contribution in [0, 0.1) is 5.92 Å². The van der Waals surface area contributed by atoms with Crippen molar-refractivity contribution in [1.29, 1.82) is 0 Å². The maximum atomic E-state index is 5.92. The first kappa shape index (κ1) is 24.1. The molecule has 2 N–H and O–H groups in total. The van der Waals surface area contributed by atoms with Gasteiger partial charge in [0.1, 0.15) is 23.4 Å². The minimum absolute atomic E-state index is 0. The van der Waals surface area contributed by atoms with E-state index in [4.69, 9.17) is 9.47 Å². The predicted octanol–water partition coefficient (Wildman–Crippen LogP) is 3.30. The van der Waals surface area contributed by atoms with E-state index in [1.165, 1.54) is 0 Å². The molecule has 0 aliphatic rings. The van der Waals surface area contributed by atoms with Gasteiger partial charge in [-0.2, -0.15) is 0 Å². The third kappa shape index (κ3) is 7.95. The number of halogens is 1. The Morgan fingerprint density at radius 2 is 1.96 bits per heavy atom. The van der Waals surface area contributed by atoms with Crippen LogP contribution in [0.3, 0.4) is 0 Å². The molecule has 2 aromatic rings. The lowest BCUT2D eigenvalue weighted by molar-refractivity contribution is 0.223.